The second-order valence-corrected chi connectivity index (χ2v) is 6.11. The Balaban J connectivity index is 2.39. The Morgan fingerprint density at radius 3 is 2.45 bits per heavy atom. The first kappa shape index (κ1) is 15.3. The number of hydrogen-bond acceptors (Lipinski definition) is 3. The van der Waals surface area contributed by atoms with Crippen molar-refractivity contribution in [2.45, 2.75) is 0 Å². The Bertz CT molecular complexity index is 662. The van der Waals surface area contributed by atoms with Crippen LogP contribution in [0.1, 0.15) is 5.56 Å². The largest absolute Gasteiger partial charge is 0.497 e. The highest BCUT2D eigenvalue weighted by molar-refractivity contribution is 9.10. The van der Waals surface area contributed by atoms with E-state index in [9.17, 15) is 0 Å². The van der Waals surface area contributed by atoms with Gasteiger partial charge in [-0.3, -0.25) is 0 Å². The predicted molar refractivity (Wildman–Crippen MR) is 90.8 cm³/mol. The molecule has 0 aliphatic rings. The molecular formula is C14H11Br2NO2S. The van der Waals surface area contributed by atoms with E-state index < -0.39 is 0 Å². The highest BCUT2D eigenvalue weighted by Crippen LogP contribution is 2.35. The molecule has 0 saturated carbocycles. The lowest BCUT2D eigenvalue weighted by molar-refractivity contribution is 0.412. The van der Waals surface area contributed by atoms with Crippen LogP contribution >= 0.6 is 44.1 Å². The molecule has 0 amide bonds. The lowest BCUT2D eigenvalue weighted by Gasteiger charge is -2.12. The summed E-state index contributed by atoms with van der Waals surface area (Å²) in [5, 5.41) is 0. The van der Waals surface area contributed by atoms with Crippen molar-refractivity contribution in [3.63, 3.8) is 0 Å². The summed E-state index contributed by atoms with van der Waals surface area (Å²) in [6.45, 7) is 0. The molecule has 0 spiro atoms. The molecular weight excluding hydrogens is 406 g/mol. The number of hydrogen-bond donors (Lipinski definition) is 1. The van der Waals surface area contributed by atoms with Crippen LogP contribution in [0.4, 0.5) is 0 Å². The van der Waals surface area contributed by atoms with E-state index in [4.69, 9.17) is 27.4 Å². The molecule has 0 aliphatic heterocycles. The maximum atomic E-state index is 5.88. The molecule has 0 aromatic heterocycles. The Labute approximate surface area is 139 Å². The molecule has 0 bridgehead atoms. The van der Waals surface area contributed by atoms with E-state index in [0.29, 0.717) is 17.1 Å². The maximum Gasteiger partial charge on any atom is 0.141 e. The normalized spacial score (nSPS) is 10.2. The van der Waals surface area contributed by atoms with Crippen LogP contribution in [-0.4, -0.2) is 12.1 Å². The van der Waals surface area contributed by atoms with E-state index in [1.54, 1.807) is 7.11 Å². The number of benzene rings is 2. The standard InChI is InChI=1S/C14H11Br2NO2S/c1-18-9-3-5-12(11(16)7-9)19-13-6-8(15)2-4-10(13)14(17)20/h2-7H,1H3,(H2,17,20). The summed E-state index contributed by atoms with van der Waals surface area (Å²) in [6.07, 6.45) is 0. The summed E-state index contributed by atoms with van der Waals surface area (Å²) < 4.78 is 12.7. The minimum Gasteiger partial charge on any atom is -0.497 e. The molecule has 0 saturated heterocycles. The second-order valence-electron chi connectivity index (χ2n) is 3.90. The molecule has 2 aromatic rings. The van der Waals surface area contributed by atoms with E-state index in [1.807, 2.05) is 36.4 Å². The molecule has 0 fully saturated rings. The van der Waals surface area contributed by atoms with Gasteiger partial charge in [-0.1, -0.05) is 28.1 Å². The molecule has 0 atom stereocenters. The van der Waals surface area contributed by atoms with Gasteiger partial charge < -0.3 is 15.2 Å². The summed E-state index contributed by atoms with van der Waals surface area (Å²) >= 11 is 11.9. The summed E-state index contributed by atoms with van der Waals surface area (Å²) in [6, 6.07) is 11.0. The predicted octanol–water partition coefficient (Wildman–Crippen LogP) is 4.65. The van der Waals surface area contributed by atoms with Gasteiger partial charge in [0.25, 0.3) is 0 Å². The first-order chi connectivity index (χ1) is 9.51. The first-order valence-electron chi connectivity index (χ1n) is 5.62. The Hall–Kier alpha value is -1.11. The van der Waals surface area contributed by atoms with Crippen LogP contribution < -0.4 is 15.2 Å². The number of ether oxygens (including phenoxy) is 2. The Morgan fingerprint density at radius 1 is 1.10 bits per heavy atom. The number of rotatable bonds is 4. The van der Waals surface area contributed by atoms with Gasteiger partial charge in [0.2, 0.25) is 0 Å². The van der Waals surface area contributed by atoms with Crippen LogP contribution in [0, 0.1) is 0 Å². The van der Waals surface area contributed by atoms with Crippen molar-refractivity contribution in [1.29, 1.82) is 0 Å². The van der Waals surface area contributed by atoms with Gasteiger partial charge in [-0.2, -0.15) is 0 Å². The van der Waals surface area contributed by atoms with Crippen molar-refractivity contribution in [3.8, 4) is 17.2 Å². The van der Waals surface area contributed by atoms with Crippen molar-refractivity contribution in [3.05, 3.63) is 50.9 Å². The average molecular weight is 417 g/mol. The highest BCUT2D eigenvalue weighted by atomic mass is 79.9. The molecule has 20 heavy (non-hydrogen) atoms. The quantitative estimate of drug-likeness (QED) is 0.737. The molecule has 104 valence electrons. The molecule has 2 aromatic carbocycles. The third kappa shape index (κ3) is 3.50. The topological polar surface area (TPSA) is 44.5 Å². The van der Waals surface area contributed by atoms with E-state index in [2.05, 4.69) is 31.9 Å². The number of thiocarbonyl (C=S) groups is 1. The van der Waals surface area contributed by atoms with E-state index in [1.165, 1.54) is 0 Å². The van der Waals surface area contributed by atoms with E-state index in [-0.39, 0.29) is 4.99 Å². The maximum absolute atomic E-state index is 5.88. The molecule has 0 heterocycles. The van der Waals surface area contributed by atoms with Crippen LogP contribution in [0.5, 0.6) is 17.2 Å². The molecule has 3 nitrogen and oxygen atoms in total. The Morgan fingerprint density at radius 2 is 1.85 bits per heavy atom. The van der Waals surface area contributed by atoms with Gasteiger partial charge in [0.05, 0.1) is 17.1 Å². The zero-order chi connectivity index (χ0) is 14.7. The van der Waals surface area contributed by atoms with Crippen LogP contribution in [0.15, 0.2) is 45.3 Å². The van der Waals surface area contributed by atoms with E-state index >= 15 is 0 Å². The van der Waals surface area contributed by atoms with Crippen LogP contribution in [0.3, 0.4) is 0 Å². The monoisotopic (exact) mass is 415 g/mol. The van der Waals surface area contributed by atoms with Crippen molar-refractivity contribution < 1.29 is 9.47 Å². The zero-order valence-electron chi connectivity index (χ0n) is 10.5. The number of methoxy groups -OCH3 is 1. The zero-order valence-corrected chi connectivity index (χ0v) is 14.5. The van der Waals surface area contributed by atoms with Crippen molar-refractivity contribution in [1.82, 2.24) is 0 Å². The minimum absolute atomic E-state index is 0.289. The van der Waals surface area contributed by atoms with Gasteiger partial charge in [-0.15, -0.1) is 0 Å². The van der Waals surface area contributed by atoms with Crippen LogP contribution in [-0.2, 0) is 0 Å². The van der Waals surface area contributed by atoms with Crippen LogP contribution in [0.25, 0.3) is 0 Å². The fourth-order valence-corrected chi connectivity index (χ4v) is 2.54. The third-order valence-corrected chi connectivity index (χ3v) is 3.90. The third-order valence-electron chi connectivity index (χ3n) is 2.57. The number of halogens is 2. The molecule has 6 heteroatoms. The lowest BCUT2D eigenvalue weighted by Crippen LogP contribution is -2.10. The lowest BCUT2D eigenvalue weighted by atomic mass is 10.2. The molecule has 0 unspecified atom stereocenters. The fourth-order valence-electron chi connectivity index (χ4n) is 1.59. The van der Waals surface area contributed by atoms with Gasteiger partial charge in [-0.25, -0.2) is 0 Å². The Kier molecular flexibility index (Phi) is 5.01. The van der Waals surface area contributed by atoms with Gasteiger partial charge in [0, 0.05) is 4.47 Å². The van der Waals surface area contributed by atoms with Crippen molar-refractivity contribution >= 4 is 49.1 Å². The molecule has 2 rings (SSSR count). The van der Waals surface area contributed by atoms with Gasteiger partial charge in [0.1, 0.15) is 22.2 Å². The summed E-state index contributed by atoms with van der Waals surface area (Å²) in [5.74, 6) is 1.99. The van der Waals surface area contributed by atoms with Crippen LogP contribution in [0.2, 0.25) is 0 Å². The molecule has 0 radical (unpaired) electrons. The van der Waals surface area contributed by atoms with Gasteiger partial charge in [0.15, 0.2) is 0 Å². The highest BCUT2D eigenvalue weighted by Gasteiger charge is 2.11. The SMILES string of the molecule is COc1ccc(Oc2cc(Br)ccc2C(N)=S)c(Br)c1. The number of nitrogens with two attached hydrogens (primary N) is 1. The molecule has 0 aliphatic carbocycles. The van der Waals surface area contributed by atoms with Crippen molar-refractivity contribution in [2.24, 2.45) is 5.73 Å². The van der Waals surface area contributed by atoms with Gasteiger partial charge >= 0.3 is 0 Å². The smallest absolute Gasteiger partial charge is 0.141 e. The summed E-state index contributed by atoms with van der Waals surface area (Å²) in [7, 11) is 1.61. The second kappa shape index (κ2) is 6.56. The fraction of sp³-hybridized carbons (Fsp3) is 0.0714. The molecule has 2 N–H and O–H groups in total. The minimum atomic E-state index is 0.289. The summed E-state index contributed by atoms with van der Waals surface area (Å²) in [4.78, 5) is 0.289. The van der Waals surface area contributed by atoms with Gasteiger partial charge in [-0.05, 0) is 52.3 Å². The van der Waals surface area contributed by atoms with Crippen molar-refractivity contribution in [2.75, 3.05) is 7.11 Å². The summed E-state index contributed by atoms with van der Waals surface area (Å²) in [5.41, 5.74) is 6.39. The average Bonchev–Trinajstić information content (AvgIpc) is 2.40. The van der Waals surface area contributed by atoms with E-state index in [0.717, 1.165) is 14.7 Å². The first-order valence-corrected chi connectivity index (χ1v) is 7.61.